The first-order chi connectivity index (χ1) is 11.0. The Hall–Kier alpha value is -3.16. The van der Waals surface area contributed by atoms with Gasteiger partial charge >= 0.3 is 12.0 Å². The van der Waals surface area contributed by atoms with Crippen molar-refractivity contribution in [1.29, 1.82) is 0 Å². The molecule has 0 atom stereocenters. The molecule has 3 rings (SSSR count). The summed E-state index contributed by atoms with van der Waals surface area (Å²) >= 11 is 0. The van der Waals surface area contributed by atoms with Crippen molar-refractivity contribution in [3.05, 3.63) is 41.6 Å². The van der Waals surface area contributed by atoms with Crippen LogP contribution < -0.4 is 10.6 Å². The topological polar surface area (TPSA) is 97.9 Å². The summed E-state index contributed by atoms with van der Waals surface area (Å²) in [5, 5.41) is 17.0. The van der Waals surface area contributed by atoms with Gasteiger partial charge in [-0.25, -0.2) is 4.79 Å². The highest BCUT2D eigenvalue weighted by atomic mass is 16.4. The number of aryl methyl sites for hydroxylation is 3. The van der Waals surface area contributed by atoms with Gasteiger partial charge in [0.15, 0.2) is 0 Å². The number of carbonyl (C=O) groups is 1. The molecule has 2 aromatic heterocycles. The first kappa shape index (κ1) is 14.8. The van der Waals surface area contributed by atoms with Gasteiger partial charge in [0.25, 0.3) is 5.89 Å². The van der Waals surface area contributed by atoms with Gasteiger partial charge in [-0.15, -0.1) is 5.10 Å². The molecule has 0 fully saturated rings. The van der Waals surface area contributed by atoms with Crippen LogP contribution in [0.15, 0.2) is 34.9 Å². The van der Waals surface area contributed by atoms with Crippen LogP contribution in [0, 0.1) is 13.8 Å². The quantitative estimate of drug-likeness (QED) is 0.775. The third-order valence-corrected chi connectivity index (χ3v) is 3.06. The highest BCUT2D eigenvalue weighted by Crippen LogP contribution is 2.18. The van der Waals surface area contributed by atoms with E-state index in [-0.39, 0.29) is 11.9 Å². The van der Waals surface area contributed by atoms with Gasteiger partial charge in [-0.05, 0) is 43.2 Å². The molecule has 0 aliphatic heterocycles. The van der Waals surface area contributed by atoms with Crippen LogP contribution in [0.2, 0.25) is 0 Å². The Morgan fingerprint density at radius 1 is 1.13 bits per heavy atom. The highest BCUT2D eigenvalue weighted by molar-refractivity contribution is 5.98. The molecule has 0 unspecified atom stereocenters. The molecular formula is C15H16N6O2. The molecule has 0 bridgehead atoms. The van der Waals surface area contributed by atoms with E-state index < -0.39 is 6.03 Å². The Balaban J connectivity index is 1.67. The summed E-state index contributed by atoms with van der Waals surface area (Å²) in [6, 6.07) is 7.07. The zero-order valence-electron chi connectivity index (χ0n) is 13.0. The van der Waals surface area contributed by atoms with E-state index in [1.165, 1.54) is 0 Å². The maximum Gasteiger partial charge on any atom is 0.327 e. The second-order valence-corrected chi connectivity index (χ2v) is 5.24. The predicted octanol–water partition coefficient (Wildman–Crippen LogP) is 2.73. The molecule has 2 heterocycles. The number of amides is 2. The Labute approximate surface area is 132 Å². The number of aromatic nitrogens is 4. The summed E-state index contributed by atoms with van der Waals surface area (Å²) in [4.78, 5) is 12.0. The summed E-state index contributed by atoms with van der Waals surface area (Å²) in [6.45, 7) is 3.93. The lowest BCUT2D eigenvalue weighted by Crippen LogP contribution is -2.19. The van der Waals surface area contributed by atoms with E-state index in [4.69, 9.17) is 4.42 Å². The normalized spacial score (nSPS) is 10.6. The van der Waals surface area contributed by atoms with Gasteiger partial charge in [-0.2, -0.15) is 5.10 Å². The summed E-state index contributed by atoms with van der Waals surface area (Å²) < 4.78 is 6.99. The average Bonchev–Trinajstić information content (AvgIpc) is 3.06. The van der Waals surface area contributed by atoms with Crippen molar-refractivity contribution < 1.29 is 9.21 Å². The van der Waals surface area contributed by atoms with Crippen LogP contribution in [0.5, 0.6) is 0 Å². The molecule has 0 spiro atoms. The van der Waals surface area contributed by atoms with Crippen molar-refractivity contribution in [2.45, 2.75) is 13.8 Å². The molecular weight excluding hydrogens is 296 g/mol. The van der Waals surface area contributed by atoms with Crippen LogP contribution in [0.4, 0.5) is 16.5 Å². The highest BCUT2D eigenvalue weighted by Gasteiger charge is 2.13. The predicted molar refractivity (Wildman–Crippen MR) is 85.1 cm³/mol. The van der Waals surface area contributed by atoms with E-state index in [2.05, 4.69) is 25.9 Å². The monoisotopic (exact) mass is 312 g/mol. The third-order valence-electron chi connectivity index (χ3n) is 3.06. The molecule has 1 aromatic carbocycles. The molecule has 3 aromatic rings. The van der Waals surface area contributed by atoms with Crippen molar-refractivity contribution in [1.82, 2.24) is 20.0 Å². The molecule has 8 nitrogen and oxygen atoms in total. The van der Waals surface area contributed by atoms with Gasteiger partial charge in [-0.3, -0.25) is 10.00 Å². The minimum atomic E-state index is -0.453. The fourth-order valence-corrected chi connectivity index (χ4v) is 2.21. The van der Waals surface area contributed by atoms with Crippen LogP contribution in [0.1, 0.15) is 11.1 Å². The number of urea groups is 1. The summed E-state index contributed by atoms with van der Waals surface area (Å²) in [5.74, 6) is 0.243. The second-order valence-electron chi connectivity index (χ2n) is 5.24. The molecule has 118 valence electrons. The van der Waals surface area contributed by atoms with E-state index in [0.717, 1.165) is 11.1 Å². The Kier molecular flexibility index (Phi) is 3.80. The lowest BCUT2D eigenvalue weighted by Gasteiger charge is -2.06. The van der Waals surface area contributed by atoms with Crippen LogP contribution in [-0.2, 0) is 7.05 Å². The standard InChI is InChI=1S/C15H16N6O2/c1-9-6-10(2)8-11(7-9)16-14(22)17-15-19-18-13(23-15)12-4-5-21(3)20-12/h4-8H,1-3H3,(H2,16,17,19,22). The minimum Gasteiger partial charge on any atom is -0.401 e. The van der Waals surface area contributed by atoms with Gasteiger partial charge in [0.05, 0.1) is 0 Å². The lowest BCUT2D eigenvalue weighted by atomic mass is 10.1. The van der Waals surface area contributed by atoms with E-state index in [0.29, 0.717) is 11.4 Å². The van der Waals surface area contributed by atoms with Gasteiger partial charge in [0, 0.05) is 18.9 Å². The maximum atomic E-state index is 12.0. The Morgan fingerprint density at radius 3 is 2.52 bits per heavy atom. The van der Waals surface area contributed by atoms with Crippen molar-refractivity contribution in [3.63, 3.8) is 0 Å². The molecule has 23 heavy (non-hydrogen) atoms. The minimum absolute atomic E-state index is 0.00697. The Morgan fingerprint density at radius 2 is 1.87 bits per heavy atom. The molecule has 0 aliphatic carbocycles. The summed E-state index contributed by atoms with van der Waals surface area (Å²) in [5.41, 5.74) is 3.37. The van der Waals surface area contributed by atoms with Gasteiger partial charge in [0.2, 0.25) is 0 Å². The van der Waals surface area contributed by atoms with E-state index in [1.54, 1.807) is 24.0 Å². The zero-order chi connectivity index (χ0) is 16.4. The van der Waals surface area contributed by atoms with Crippen LogP contribution in [-0.4, -0.2) is 26.0 Å². The number of rotatable bonds is 3. The first-order valence-electron chi connectivity index (χ1n) is 6.99. The summed E-state index contributed by atoms with van der Waals surface area (Å²) in [6.07, 6.45) is 1.76. The maximum absolute atomic E-state index is 12.0. The van der Waals surface area contributed by atoms with E-state index in [1.807, 2.05) is 32.0 Å². The molecule has 0 saturated heterocycles. The number of hydrogen-bond donors (Lipinski definition) is 2. The van der Waals surface area contributed by atoms with Crippen molar-refractivity contribution in [2.75, 3.05) is 10.6 Å². The second kappa shape index (κ2) is 5.91. The van der Waals surface area contributed by atoms with Gasteiger partial charge in [-0.1, -0.05) is 11.2 Å². The third kappa shape index (κ3) is 3.54. The van der Waals surface area contributed by atoms with Crippen molar-refractivity contribution >= 4 is 17.7 Å². The molecule has 0 aliphatic rings. The van der Waals surface area contributed by atoms with Gasteiger partial charge in [0.1, 0.15) is 5.69 Å². The Bertz CT molecular complexity index is 831. The van der Waals surface area contributed by atoms with Crippen LogP contribution in [0.3, 0.4) is 0 Å². The molecule has 0 radical (unpaired) electrons. The van der Waals surface area contributed by atoms with Crippen LogP contribution >= 0.6 is 0 Å². The first-order valence-corrected chi connectivity index (χ1v) is 6.99. The van der Waals surface area contributed by atoms with E-state index >= 15 is 0 Å². The molecule has 0 saturated carbocycles. The van der Waals surface area contributed by atoms with Crippen LogP contribution in [0.25, 0.3) is 11.6 Å². The average molecular weight is 312 g/mol. The number of nitrogens with zero attached hydrogens (tertiary/aromatic N) is 4. The molecule has 8 heteroatoms. The smallest absolute Gasteiger partial charge is 0.327 e. The van der Waals surface area contributed by atoms with Gasteiger partial charge < -0.3 is 9.73 Å². The lowest BCUT2D eigenvalue weighted by molar-refractivity contribution is 0.261. The molecule has 2 amide bonds. The summed E-state index contributed by atoms with van der Waals surface area (Å²) in [7, 11) is 1.79. The number of carbonyl (C=O) groups excluding carboxylic acids is 1. The zero-order valence-corrected chi connectivity index (χ0v) is 13.0. The number of anilines is 2. The number of hydrogen-bond acceptors (Lipinski definition) is 5. The fraction of sp³-hybridized carbons (Fsp3) is 0.200. The molecule has 2 N–H and O–H groups in total. The SMILES string of the molecule is Cc1cc(C)cc(NC(=O)Nc2nnc(-c3ccn(C)n3)o2)c1. The number of nitrogens with one attached hydrogen (secondary N) is 2. The van der Waals surface area contributed by atoms with E-state index in [9.17, 15) is 4.79 Å². The van der Waals surface area contributed by atoms with Crippen molar-refractivity contribution in [2.24, 2.45) is 7.05 Å². The fourth-order valence-electron chi connectivity index (χ4n) is 2.21. The largest absolute Gasteiger partial charge is 0.401 e. The number of benzene rings is 1. The van der Waals surface area contributed by atoms with Crippen molar-refractivity contribution in [3.8, 4) is 11.6 Å².